The van der Waals surface area contributed by atoms with E-state index in [2.05, 4.69) is 184 Å². The third-order valence-corrected chi connectivity index (χ3v) is 10.2. The van der Waals surface area contributed by atoms with Crippen LogP contribution in [0.5, 0.6) is 0 Å². The van der Waals surface area contributed by atoms with Gasteiger partial charge in [-0.15, -0.1) is 11.1 Å². The normalized spacial score (nSPS) is 11.8. The summed E-state index contributed by atoms with van der Waals surface area (Å²) in [6.07, 6.45) is 0. The molecule has 0 spiro atoms. The molecule has 0 bridgehead atoms. The molecule has 0 heterocycles. The summed E-state index contributed by atoms with van der Waals surface area (Å²) in [4.78, 5) is 0. The molecular weight excluding hydrogens is 585 g/mol. The van der Waals surface area contributed by atoms with Gasteiger partial charge in [0.2, 0.25) is 0 Å². The lowest BCUT2D eigenvalue weighted by Gasteiger charge is -2.15. The molecule has 7 aromatic rings. The highest BCUT2D eigenvalue weighted by Gasteiger charge is 2.17. The summed E-state index contributed by atoms with van der Waals surface area (Å²) >= 11 is 0. The number of rotatable bonds is 2. The molecule has 0 atom stereocenters. The van der Waals surface area contributed by atoms with E-state index >= 15 is 0 Å². The van der Waals surface area contributed by atoms with E-state index in [1.54, 1.807) is 0 Å². The zero-order valence-corrected chi connectivity index (χ0v) is 29.5. The number of fused-ring (bicyclic) bond motifs is 4. The molecule has 0 fully saturated rings. The minimum Gasteiger partial charge on any atom is -0.127 e. The molecule has 0 aliphatic rings. The maximum Gasteiger partial charge on any atom is 0.129 e. The van der Waals surface area contributed by atoms with Gasteiger partial charge in [0.25, 0.3) is 0 Å². The van der Waals surface area contributed by atoms with Crippen LogP contribution in [-0.2, 0) is 0 Å². The second-order valence-electron chi connectivity index (χ2n) is 14.4. The summed E-state index contributed by atoms with van der Waals surface area (Å²) in [5, 5.41) is 9.73. The Morgan fingerprint density at radius 2 is 0.696 bits per heavy atom. The van der Waals surface area contributed by atoms with Crippen molar-refractivity contribution in [1.29, 1.82) is 0 Å². The zero-order valence-electron chi connectivity index (χ0n) is 27.5. The first-order valence-corrected chi connectivity index (χ1v) is 23.1. The van der Waals surface area contributed by atoms with E-state index in [1.807, 2.05) is 0 Å². The summed E-state index contributed by atoms with van der Waals surface area (Å²) in [7, 11) is -3.30. The van der Waals surface area contributed by atoms with E-state index in [9.17, 15) is 0 Å². The first kappa shape index (κ1) is 29.8. The maximum atomic E-state index is 3.73. The molecule has 2 heteroatoms. The quantitative estimate of drug-likeness (QED) is 0.102. The summed E-state index contributed by atoms with van der Waals surface area (Å²) in [6.45, 7) is 13.9. The largest absolute Gasteiger partial charge is 0.129 e. The van der Waals surface area contributed by atoms with Gasteiger partial charge in [-0.3, -0.25) is 0 Å². The Morgan fingerprint density at radius 3 is 1.09 bits per heavy atom. The van der Waals surface area contributed by atoms with Crippen molar-refractivity contribution in [3.63, 3.8) is 0 Å². The second-order valence-corrected chi connectivity index (χ2v) is 23.9. The van der Waals surface area contributed by atoms with Crippen molar-refractivity contribution in [2.45, 2.75) is 39.3 Å². The predicted octanol–water partition coefficient (Wildman–Crippen LogP) is 12.1. The SMILES string of the molecule is C[Si](C)(C)C#Cc1c2ccc(-c3ccc4ccccc4c3)cc2c(C#C[Si](C)(C)C)c2ccc(-c3ccc4ccccc4c3)cc12. The molecule has 0 amide bonds. The van der Waals surface area contributed by atoms with Crippen molar-refractivity contribution < 1.29 is 0 Å². The number of benzene rings is 7. The lowest BCUT2D eigenvalue weighted by Crippen LogP contribution is -2.16. The molecule has 0 aliphatic carbocycles. The fraction of sp³-hybridized carbons (Fsp3) is 0.136. The third-order valence-electron chi connectivity index (χ3n) is 8.41. The predicted molar refractivity (Wildman–Crippen MR) is 208 cm³/mol. The first-order valence-electron chi connectivity index (χ1n) is 16.1. The van der Waals surface area contributed by atoms with Crippen molar-refractivity contribution in [1.82, 2.24) is 0 Å². The molecular formula is C44H38Si2. The van der Waals surface area contributed by atoms with Gasteiger partial charge in [-0.2, -0.15) is 0 Å². The Morgan fingerprint density at radius 1 is 0.348 bits per heavy atom. The fourth-order valence-corrected chi connectivity index (χ4v) is 7.09. The minimum atomic E-state index is -1.65. The standard InChI is InChI=1S/C44H38Si2/c1-45(2,3)25-23-41-39-21-19-38(36-18-16-32-12-8-10-14-34(32)28-36)30-44(39)42(24-26-46(4,5)6)40-22-20-37(29-43(40)41)35-17-15-31-11-7-9-13-33(31)27-35/h7-22,27-30H,1-6H3. The van der Waals surface area contributed by atoms with E-state index in [0.717, 1.165) is 11.1 Å². The van der Waals surface area contributed by atoms with E-state index in [1.165, 1.54) is 65.3 Å². The van der Waals surface area contributed by atoms with Gasteiger partial charge in [0.15, 0.2) is 0 Å². The monoisotopic (exact) mass is 622 g/mol. The molecule has 0 aromatic heterocycles. The van der Waals surface area contributed by atoms with Gasteiger partial charge in [-0.05, 0) is 89.6 Å². The maximum absolute atomic E-state index is 3.73. The fourth-order valence-electron chi connectivity index (χ4n) is 6.09. The van der Waals surface area contributed by atoms with Crippen LogP contribution < -0.4 is 0 Å². The molecule has 0 nitrogen and oxygen atoms in total. The highest BCUT2D eigenvalue weighted by atomic mass is 28.3. The van der Waals surface area contributed by atoms with E-state index in [0.29, 0.717) is 0 Å². The van der Waals surface area contributed by atoms with Crippen molar-refractivity contribution in [2.24, 2.45) is 0 Å². The molecule has 7 rings (SSSR count). The van der Waals surface area contributed by atoms with Gasteiger partial charge in [0.05, 0.1) is 0 Å². The van der Waals surface area contributed by atoms with Crippen LogP contribution >= 0.6 is 0 Å². The Labute approximate surface area is 275 Å². The van der Waals surface area contributed by atoms with Crippen LogP contribution in [-0.4, -0.2) is 16.1 Å². The molecule has 46 heavy (non-hydrogen) atoms. The molecule has 0 radical (unpaired) electrons. The van der Waals surface area contributed by atoms with Crippen molar-refractivity contribution >= 4 is 59.2 Å². The summed E-state index contributed by atoms with van der Waals surface area (Å²) in [5.41, 5.74) is 14.5. The highest BCUT2D eigenvalue weighted by molar-refractivity contribution is 6.84. The van der Waals surface area contributed by atoms with Crippen LogP contribution in [0.25, 0.3) is 65.3 Å². The van der Waals surface area contributed by atoms with Crippen LogP contribution in [0.2, 0.25) is 39.3 Å². The summed E-state index contributed by atoms with van der Waals surface area (Å²) < 4.78 is 0. The number of hydrogen-bond acceptors (Lipinski definition) is 0. The minimum absolute atomic E-state index is 1.11. The zero-order chi connectivity index (χ0) is 32.1. The average molecular weight is 623 g/mol. The van der Waals surface area contributed by atoms with Gasteiger partial charge in [0, 0.05) is 11.1 Å². The number of hydrogen-bond donors (Lipinski definition) is 0. The smallest absolute Gasteiger partial charge is 0.127 e. The molecule has 0 unspecified atom stereocenters. The van der Waals surface area contributed by atoms with Gasteiger partial charge >= 0.3 is 0 Å². The van der Waals surface area contributed by atoms with Crippen LogP contribution in [0.1, 0.15) is 11.1 Å². The lowest BCUT2D eigenvalue weighted by atomic mass is 9.88. The highest BCUT2D eigenvalue weighted by Crippen LogP contribution is 2.38. The Bertz CT molecular complexity index is 2270. The molecule has 0 saturated heterocycles. The van der Waals surface area contributed by atoms with Gasteiger partial charge in [0.1, 0.15) is 16.1 Å². The Hall–Kier alpha value is -4.87. The third kappa shape index (κ3) is 6.03. The topological polar surface area (TPSA) is 0 Å². The van der Waals surface area contributed by atoms with E-state index in [4.69, 9.17) is 0 Å². The van der Waals surface area contributed by atoms with Crippen LogP contribution in [0.15, 0.2) is 121 Å². The van der Waals surface area contributed by atoms with E-state index in [-0.39, 0.29) is 0 Å². The molecule has 222 valence electrons. The molecule has 0 N–H and O–H groups in total. The molecule has 0 saturated carbocycles. The summed E-state index contributed by atoms with van der Waals surface area (Å²) in [5.74, 6) is 7.47. The molecule has 7 aromatic carbocycles. The van der Waals surface area contributed by atoms with Crippen LogP contribution in [0, 0.1) is 22.9 Å². The van der Waals surface area contributed by atoms with Crippen molar-refractivity contribution in [3.8, 4) is 45.2 Å². The van der Waals surface area contributed by atoms with Gasteiger partial charge < -0.3 is 0 Å². The lowest BCUT2D eigenvalue weighted by molar-refractivity contribution is 1.65. The first-order chi connectivity index (χ1) is 22.0. The van der Waals surface area contributed by atoms with E-state index < -0.39 is 16.1 Å². The van der Waals surface area contributed by atoms with Crippen molar-refractivity contribution in [2.75, 3.05) is 0 Å². The van der Waals surface area contributed by atoms with Crippen molar-refractivity contribution in [3.05, 3.63) is 132 Å². The average Bonchev–Trinajstić information content (AvgIpc) is 3.04. The van der Waals surface area contributed by atoms with Gasteiger partial charge in [-0.25, -0.2) is 0 Å². The molecule has 0 aliphatic heterocycles. The Balaban J connectivity index is 1.54. The van der Waals surface area contributed by atoms with Gasteiger partial charge in [-0.1, -0.05) is 148 Å². The van der Waals surface area contributed by atoms with Crippen LogP contribution in [0.3, 0.4) is 0 Å². The Kier molecular flexibility index (Phi) is 7.45. The summed E-state index contributed by atoms with van der Waals surface area (Å²) in [6, 6.07) is 44.5. The second kappa shape index (κ2) is 11.5. The van der Waals surface area contributed by atoms with Crippen LogP contribution in [0.4, 0.5) is 0 Å².